The van der Waals surface area contributed by atoms with Crippen LogP contribution in [0.4, 0.5) is 0 Å². The number of aryl methyl sites for hydroxylation is 3. The first kappa shape index (κ1) is 30.5. The number of oxazole rings is 1. The van der Waals surface area contributed by atoms with E-state index in [2.05, 4.69) is 43.1 Å². The van der Waals surface area contributed by atoms with Gasteiger partial charge < -0.3 is 13.9 Å². The zero-order valence-electron chi connectivity index (χ0n) is 26.4. The largest absolute Gasteiger partial charge is 0.472 e. The van der Waals surface area contributed by atoms with E-state index in [0.29, 0.717) is 30.9 Å². The van der Waals surface area contributed by atoms with Gasteiger partial charge in [-0.2, -0.15) is 0 Å². The molecule has 0 aliphatic carbocycles. The number of ether oxygens (including phenoxy) is 2. The van der Waals surface area contributed by atoms with Gasteiger partial charge in [0.2, 0.25) is 17.7 Å². The fourth-order valence-electron chi connectivity index (χ4n) is 5.21. The quantitative estimate of drug-likeness (QED) is 0.138. The molecule has 0 aliphatic rings. The van der Waals surface area contributed by atoms with Crippen LogP contribution in [0.15, 0.2) is 101 Å². The summed E-state index contributed by atoms with van der Waals surface area (Å²) in [5.41, 5.74) is 9.56. The fraction of sp³-hybridized carbons (Fsp3) is 0.175. The number of para-hydroxylation sites is 2. The third kappa shape index (κ3) is 7.41. The van der Waals surface area contributed by atoms with E-state index in [0.717, 1.165) is 63.1 Å². The average molecular weight is 608 g/mol. The molecule has 6 rings (SSSR count). The molecule has 46 heavy (non-hydrogen) atoms. The average Bonchev–Trinajstić information content (AvgIpc) is 3.52. The molecule has 6 heteroatoms. The van der Waals surface area contributed by atoms with Gasteiger partial charge in [-0.3, -0.25) is 0 Å². The third-order valence-corrected chi connectivity index (χ3v) is 7.77. The van der Waals surface area contributed by atoms with Crippen LogP contribution >= 0.6 is 0 Å². The molecule has 0 atom stereocenters. The van der Waals surface area contributed by atoms with E-state index < -0.39 is 0 Å². The molecular formula is C40H37N3O3. The molecule has 0 amide bonds. The van der Waals surface area contributed by atoms with Gasteiger partial charge in [0.05, 0.1) is 5.69 Å². The van der Waals surface area contributed by atoms with Gasteiger partial charge in [0.15, 0.2) is 5.58 Å². The molecule has 3 aromatic heterocycles. The van der Waals surface area contributed by atoms with Crippen molar-refractivity contribution in [3.05, 3.63) is 148 Å². The molecule has 6 aromatic rings. The Hall–Kier alpha value is -5.49. The summed E-state index contributed by atoms with van der Waals surface area (Å²) in [4.78, 5) is 14.5. The molecule has 6 nitrogen and oxygen atoms in total. The van der Waals surface area contributed by atoms with Crippen molar-refractivity contribution < 1.29 is 13.9 Å². The fourth-order valence-corrected chi connectivity index (χ4v) is 5.21. The second-order valence-electron chi connectivity index (χ2n) is 11.0. The van der Waals surface area contributed by atoms with Crippen molar-refractivity contribution in [1.82, 2.24) is 15.0 Å². The summed E-state index contributed by atoms with van der Waals surface area (Å²) >= 11 is 0. The van der Waals surface area contributed by atoms with Crippen molar-refractivity contribution in [2.24, 2.45) is 0 Å². The van der Waals surface area contributed by atoms with E-state index in [-0.39, 0.29) is 0 Å². The molecular weight excluding hydrogens is 570 g/mol. The van der Waals surface area contributed by atoms with Crippen LogP contribution in [-0.4, -0.2) is 15.0 Å². The third-order valence-electron chi connectivity index (χ3n) is 7.77. The van der Waals surface area contributed by atoms with Gasteiger partial charge >= 0.3 is 0 Å². The molecule has 0 saturated heterocycles. The molecule has 0 N–H and O–H groups in total. The van der Waals surface area contributed by atoms with Gasteiger partial charge in [0, 0.05) is 22.9 Å². The Kier molecular flexibility index (Phi) is 9.64. The van der Waals surface area contributed by atoms with E-state index in [4.69, 9.17) is 23.9 Å². The smallest absolute Gasteiger partial charge is 0.221 e. The maximum Gasteiger partial charge on any atom is 0.221 e. The van der Waals surface area contributed by atoms with Crippen LogP contribution < -0.4 is 9.47 Å². The van der Waals surface area contributed by atoms with Gasteiger partial charge in [-0.25, -0.2) is 15.0 Å². The minimum Gasteiger partial charge on any atom is -0.472 e. The predicted octanol–water partition coefficient (Wildman–Crippen LogP) is 9.55. The van der Waals surface area contributed by atoms with Crippen molar-refractivity contribution in [3.63, 3.8) is 0 Å². The molecule has 3 heterocycles. The maximum absolute atomic E-state index is 6.34. The summed E-state index contributed by atoms with van der Waals surface area (Å²) in [6.07, 6.45) is 9.57. The van der Waals surface area contributed by atoms with Gasteiger partial charge in [-0.15, -0.1) is 0 Å². The topological polar surface area (TPSA) is 70.3 Å². The first-order valence-corrected chi connectivity index (χ1v) is 15.7. The number of aromatic nitrogens is 3. The molecule has 0 radical (unpaired) electrons. The monoisotopic (exact) mass is 607 g/mol. The van der Waals surface area contributed by atoms with E-state index in [1.807, 2.05) is 104 Å². The summed E-state index contributed by atoms with van der Waals surface area (Å²) in [6.45, 7) is 7.14. The summed E-state index contributed by atoms with van der Waals surface area (Å²) in [7, 11) is 0. The zero-order chi connectivity index (χ0) is 31.7. The summed E-state index contributed by atoms with van der Waals surface area (Å²) in [5, 5.41) is 0. The minimum atomic E-state index is 0.394. The molecule has 0 fully saturated rings. The van der Waals surface area contributed by atoms with E-state index in [9.17, 15) is 0 Å². The van der Waals surface area contributed by atoms with Crippen molar-refractivity contribution in [2.75, 3.05) is 0 Å². The normalized spacial score (nSPS) is 11.5. The molecule has 0 aliphatic heterocycles. The van der Waals surface area contributed by atoms with Crippen molar-refractivity contribution in [1.29, 1.82) is 0 Å². The summed E-state index contributed by atoms with van der Waals surface area (Å²) in [5.74, 6) is 1.66. The Labute approximate surface area is 270 Å². The lowest BCUT2D eigenvalue weighted by molar-refractivity contribution is 0.292. The molecule has 0 spiro atoms. The SMILES string of the molecule is CCc1cc(/C=C/c2nc(OCc3ccccc3)c(/C=C/c3nc4ccccc4o3)cc2CC)c(OCc2ccccc2)nc1C. The number of benzene rings is 3. The number of fused-ring (bicyclic) bond motifs is 1. The lowest BCUT2D eigenvalue weighted by atomic mass is 10.0. The zero-order valence-corrected chi connectivity index (χ0v) is 26.4. The van der Waals surface area contributed by atoms with Crippen LogP contribution in [0, 0.1) is 6.92 Å². The predicted molar refractivity (Wildman–Crippen MR) is 185 cm³/mol. The molecule has 0 unspecified atom stereocenters. The highest BCUT2D eigenvalue weighted by atomic mass is 16.5. The highest BCUT2D eigenvalue weighted by Crippen LogP contribution is 2.28. The van der Waals surface area contributed by atoms with Crippen LogP contribution in [0.3, 0.4) is 0 Å². The van der Waals surface area contributed by atoms with E-state index >= 15 is 0 Å². The Morgan fingerprint density at radius 1 is 0.609 bits per heavy atom. The van der Waals surface area contributed by atoms with Crippen LogP contribution in [0.2, 0.25) is 0 Å². The Morgan fingerprint density at radius 3 is 1.80 bits per heavy atom. The van der Waals surface area contributed by atoms with Crippen molar-refractivity contribution in [3.8, 4) is 11.8 Å². The number of hydrogen-bond donors (Lipinski definition) is 0. The molecule has 230 valence electrons. The first-order chi connectivity index (χ1) is 22.6. The number of rotatable bonds is 12. The van der Waals surface area contributed by atoms with Crippen LogP contribution in [0.5, 0.6) is 11.8 Å². The number of pyridine rings is 2. The van der Waals surface area contributed by atoms with Gasteiger partial charge in [0.25, 0.3) is 0 Å². The van der Waals surface area contributed by atoms with Crippen LogP contribution in [0.1, 0.15) is 64.5 Å². The highest BCUT2D eigenvalue weighted by Gasteiger charge is 2.13. The number of nitrogens with zero attached hydrogens (tertiary/aromatic N) is 3. The highest BCUT2D eigenvalue weighted by molar-refractivity contribution is 5.78. The van der Waals surface area contributed by atoms with Gasteiger partial charge in [0.1, 0.15) is 18.7 Å². The Morgan fingerprint density at radius 2 is 1.17 bits per heavy atom. The second kappa shape index (κ2) is 14.5. The summed E-state index contributed by atoms with van der Waals surface area (Å²) in [6, 6.07) is 32.3. The van der Waals surface area contributed by atoms with Crippen LogP contribution in [-0.2, 0) is 26.1 Å². The molecule has 0 saturated carbocycles. The second-order valence-corrected chi connectivity index (χ2v) is 11.0. The Balaban J connectivity index is 1.34. The molecule has 3 aromatic carbocycles. The lowest BCUT2D eigenvalue weighted by Crippen LogP contribution is -2.03. The number of hydrogen-bond acceptors (Lipinski definition) is 6. The van der Waals surface area contributed by atoms with Crippen LogP contribution in [0.25, 0.3) is 35.4 Å². The first-order valence-electron chi connectivity index (χ1n) is 15.7. The molecule has 0 bridgehead atoms. The maximum atomic E-state index is 6.34. The van der Waals surface area contributed by atoms with E-state index in [1.54, 1.807) is 0 Å². The minimum absolute atomic E-state index is 0.394. The lowest BCUT2D eigenvalue weighted by Gasteiger charge is -2.14. The van der Waals surface area contributed by atoms with Crippen molar-refractivity contribution >= 4 is 35.4 Å². The Bertz CT molecular complexity index is 1950. The van der Waals surface area contributed by atoms with Gasteiger partial charge in [-0.1, -0.05) is 86.6 Å². The van der Waals surface area contributed by atoms with Crippen molar-refractivity contribution in [2.45, 2.75) is 46.8 Å². The summed E-state index contributed by atoms with van der Waals surface area (Å²) < 4.78 is 18.5. The van der Waals surface area contributed by atoms with E-state index in [1.165, 1.54) is 5.56 Å². The van der Waals surface area contributed by atoms with Gasteiger partial charge in [-0.05, 0) is 84.5 Å². The standard InChI is InChI=1S/C40H37N3O3/c1-4-31-24-33(39(41-28(31)3)44-26-29-14-8-6-9-15-29)20-22-35-32(5-2)25-34(40(43-35)45-27-30-16-10-7-11-17-30)21-23-38-42-36-18-12-13-19-37(36)46-38/h6-25H,4-5,26-27H2,1-3H3/b22-20+,23-21+.